The maximum absolute atomic E-state index is 12.2. The summed E-state index contributed by atoms with van der Waals surface area (Å²) in [5.41, 5.74) is 3.21. The molecule has 148 valence electrons. The molecule has 3 N–H and O–H groups in total. The highest BCUT2D eigenvalue weighted by atomic mass is 35.5. The van der Waals surface area contributed by atoms with E-state index in [0.29, 0.717) is 17.4 Å². The largest absolute Gasteiger partial charge is 0.377 e. The first-order chi connectivity index (χ1) is 13.7. The number of nitrogens with zero attached hydrogens (tertiary/aromatic N) is 1. The number of carbonyl (C=O) groups excluding carboxylic acids is 1. The molecule has 1 saturated heterocycles. The van der Waals surface area contributed by atoms with Gasteiger partial charge < -0.3 is 15.4 Å². The van der Waals surface area contributed by atoms with E-state index in [2.05, 4.69) is 27.0 Å². The molecule has 0 saturated carbocycles. The molecule has 28 heavy (non-hydrogen) atoms. The number of rotatable bonds is 4. The third-order valence-corrected chi connectivity index (χ3v) is 6.11. The molecule has 0 radical (unpaired) electrons. The van der Waals surface area contributed by atoms with Crippen LogP contribution in [0.5, 0.6) is 0 Å². The molecule has 0 aliphatic carbocycles. The Kier molecular flexibility index (Phi) is 6.26. The lowest BCUT2D eigenvalue weighted by Gasteiger charge is -2.23. The Bertz CT molecular complexity index is 877. The summed E-state index contributed by atoms with van der Waals surface area (Å²) < 4.78 is 5.37. The molecule has 2 amide bonds. The Morgan fingerprint density at radius 3 is 3.07 bits per heavy atom. The van der Waals surface area contributed by atoms with E-state index in [1.165, 1.54) is 16.9 Å². The summed E-state index contributed by atoms with van der Waals surface area (Å²) in [6.07, 6.45) is 5.02. The number of hydrogen-bond acceptors (Lipinski definition) is 5. The molecule has 4 rings (SSSR count). The zero-order valence-corrected chi connectivity index (χ0v) is 17.0. The summed E-state index contributed by atoms with van der Waals surface area (Å²) >= 11 is 8.00. The Labute approximate surface area is 173 Å². The van der Waals surface area contributed by atoms with Crippen LogP contribution in [0, 0.1) is 0 Å². The van der Waals surface area contributed by atoms with Gasteiger partial charge in [-0.3, -0.25) is 5.32 Å². The SMILES string of the molecule is O=C(Nc1csc(-c2ccc(C3=CCOCC3)c(Cl)c2)n1)NC1CCCNC1. The van der Waals surface area contributed by atoms with Crippen molar-refractivity contribution in [2.24, 2.45) is 0 Å². The first-order valence-corrected chi connectivity index (χ1v) is 10.8. The van der Waals surface area contributed by atoms with Crippen LogP contribution in [-0.2, 0) is 4.74 Å². The maximum Gasteiger partial charge on any atom is 0.320 e. The molecule has 1 aromatic carbocycles. The van der Waals surface area contributed by atoms with E-state index in [9.17, 15) is 4.79 Å². The number of nitrogens with one attached hydrogen (secondary N) is 3. The molecule has 1 atom stereocenters. The van der Waals surface area contributed by atoms with Gasteiger partial charge in [-0.15, -0.1) is 11.3 Å². The molecular weight excluding hydrogens is 396 g/mol. The van der Waals surface area contributed by atoms with Gasteiger partial charge in [0.25, 0.3) is 0 Å². The van der Waals surface area contributed by atoms with Gasteiger partial charge in [0.05, 0.1) is 13.2 Å². The minimum atomic E-state index is -0.217. The van der Waals surface area contributed by atoms with E-state index in [0.717, 1.165) is 55.1 Å². The number of benzene rings is 1. The van der Waals surface area contributed by atoms with Gasteiger partial charge in [0.15, 0.2) is 0 Å². The van der Waals surface area contributed by atoms with Crippen molar-refractivity contribution in [1.29, 1.82) is 0 Å². The van der Waals surface area contributed by atoms with Gasteiger partial charge in [0.1, 0.15) is 10.8 Å². The van der Waals surface area contributed by atoms with Gasteiger partial charge in [-0.25, -0.2) is 9.78 Å². The van der Waals surface area contributed by atoms with Crippen LogP contribution in [0.2, 0.25) is 5.02 Å². The van der Waals surface area contributed by atoms with Crippen LogP contribution in [0.3, 0.4) is 0 Å². The lowest BCUT2D eigenvalue weighted by atomic mass is 10.0. The molecule has 2 aromatic rings. The summed E-state index contributed by atoms with van der Waals surface area (Å²) in [4.78, 5) is 16.7. The third-order valence-electron chi connectivity index (χ3n) is 4.90. The molecule has 3 heterocycles. The standard InChI is InChI=1S/C20H23ClN4O2S/c21-17-10-14(3-4-16(17)13-5-8-27-9-6-13)19-24-18(12-28-19)25-20(26)23-15-2-1-7-22-11-15/h3-5,10,12,15,22H,1-2,6-9,11H2,(H2,23,25,26). The molecule has 1 fully saturated rings. The van der Waals surface area contributed by atoms with Gasteiger partial charge in [-0.1, -0.05) is 29.8 Å². The second kappa shape index (κ2) is 9.05. The lowest BCUT2D eigenvalue weighted by molar-refractivity contribution is 0.161. The van der Waals surface area contributed by atoms with Crippen LogP contribution in [0.4, 0.5) is 10.6 Å². The number of hydrogen-bond donors (Lipinski definition) is 3. The predicted octanol–water partition coefficient (Wildman–Crippen LogP) is 4.14. The van der Waals surface area contributed by atoms with E-state index < -0.39 is 0 Å². The topological polar surface area (TPSA) is 75.3 Å². The Hall–Kier alpha value is -1.93. The van der Waals surface area contributed by atoms with Crippen molar-refractivity contribution in [3.05, 3.63) is 40.2 Å². The van der Waals surface area contributed by atoms with Gasteiger partial charge in [0.2, 0.25) is 0 Å². The minimum Gasteiger partial charge on any atom is -0.377 e. The molecule has 0 spiro atoms. The van der Waals surface area contributed by atoms with Gasteiger partial charge in [0, 0.05) is 28.6 Å². The molecule has 0 bridgehead atoms. The van der Waals surface area contributed by atoms with Gasteiger partial charge in [-0.05, 0) is 43.0 Å². The third kappa shape index (κ3) is 4.72. The van der Waals surface area contributed by atoms with Crippen LogP contribution >= 0.6 is 22.9 Å². The number of halogens is 1. The average Bonchev–Trinajstić information content (AvgIpc) is 3.17. The maximum atomic E-state index is 12.2. The number of carbonyl (C=O) groups is 1. The van der Waals surface area contributed by atoms with Crippen LogP contribution in [0.25, 0.3) is 16.1 Å². The second-order valence-corrected chi connectivity index (χ2v) is 8.19. The van der Waals surface area contributed by atoms with Crippen LogP contribution in [0.15, 0.2) is 29.7 Å². The number of urea groups is 1. The number of ether oxygens (including phenoxy) is 1. The van der Waals surface area contributed by atoms with Crippen molar-refractivity contribution in [2.75, 3.05) is 31.6 Å². The summed E-state index contributed by atoms with van der Waals surface area (Å²) in [6, 6.07) is 5.94. The molecule has 1 aromatic heterocycles. The van der Waals surface area contributed by atoms with Crippen molar-refractivity contribution < 1.29 is 9.53 Å². The molecular formula is C20H23ClN4O2S. The summed E-state index contributed by atoms with van der Waals surface area (Å²) in [5, 5.41) is 12.5. The monoisotopic (exact) mass is 418 g/mol. The van der Waals surface area contributed by atoms with Crippen molar-refractivity contribution >= 4 is 40.4 Å². The summed E-state index contributed by atoms with van der Waals surface area (Å²) in [5.74, 6) is 0.550. The van der Waals surface area contributed by atoms with E-state index in [1.54, 1.807) is 0 Å². The Morgan fingerprint density at radius 1 is 1.39 bits per heavy atom. The van der Waals surface area contributed by atoms with E-state index >= 15 is 0 Å². The summed E-state index contributed by atoms with van der Waals surface area (Å²) in [7, 11) is 0. The minimum absolute atomic E-state index is 0.165. The number of anilines is 1. The lowest BCUT2D eigenvalue weighted by Crippen LogP contribution is -2.47. The zero-order valence-electron chi connectivity index (χ0n) is 15.5. The molecule has 2 aliphatic heterocycles. The molecule has 6 nitrogen and oxygen atoms in total. The fourth-order valence-electron chi connectivity index (χ4n) is 3.46. The fourth-order valence-corrected chi connectivity index (χ4v) is 4.51. The Balaban J connectivity index is 1.41. The fraction of sp³-hybridized carbons (Fsp3) is 0.400. The van der Waals surface area contributed by atoms with Gasteiger partial charge >= 0.3 is 6.03 Å². The smallest absolute Gasteiger partial charge is 0.320 e. The van der Waals surface area contributed by atoms with Crippen molar-refractivity contribution in [1.82, 2.24) is 15.6 Å². The summed E-state index contributed by atoms with van der Waals surface area (Å²) in [6.45, 7) is 3.18. The quantitative estimate of drug-likeness (QED) is 0.697. The zero-order chi connectivity index (χ0) is 19.3. The number of thiazole rings is 1. The van der Waals surface area contributed by atoms with Crippen molar-refractivity contribution in [3.8, 4) is 10.6 Å². The predicted molar refractivity (Wildman–Crippen MR) is 114 cm³/mol. The van der Waals surface area contributed by atoms with E-state index in [4.69, 9.17) is 16.3 Å². The van der Waals surface area contributed by atoms with E-state index in [1.807, 2.05) is 23.6 Å². The van der Waals surface area contributed by atoms with Crippen LogP contribution in [-0.4, -0.2) is 43.4 Å². The normalized spacial score (nSPS) is 19.8. The van der Waals surface area contributed by atoms with Crippen molar-refractivity contribution in [3.63, 3.8) is 0 Å². The molecule has 2 aliphatic rings. The average molecular weight is 419 g/mol. The highest BCUT2D eigenvalue weighted by Gasteiger charge is 2.16. The number of aromatic nitrogens is 1. The first-order valence-electron chi connectivity index (χ1n) is 9.50. The van der Waals surface area contributed by atoms with Crippen LogP contribution in [0.1, 0.15) is 24.8 Å². The highest BCUT2D eigenvalue weighted by Crippen LogP contribution is 2.33. The molecule has 8 heteroatoms. The number of amides is 2. The highest BCUT2D eigenvalue weighted by molar-refractivity contribution is 7.13. The first kappa shape index (κ1) is 19.4. The second-order valence-electron chi connectivity index (χ2n) is 6.93. The van der Waals surface area contributed by atoms with Gasteiger partial charge in [-0.2, -0.15) is 0 Å². The van der Waals surface area contributed by atoms with Crippen LogP contribution < -0.4 is 16.0 Å². The molecule has 1 unspecified atom stereocenters. The number of piperidine rings is 1. The Morgan fingerprint density at radius 2 is 2.32 bits per heavy atom. The van der Waals surface area contributed by atoms with Crippen molar-refractivity contribution in [2.45, 2.75) is 25.3 Å². The van der Waals surface area contributed by atoms with E-state index in [-0.39, 0.29) is 12.1 Å².